The maximum absolute atomic E-state index is 11.9. The van der Waals surface area contributed by atoms with Crippen molar-refractivity contribution in [3.8, 4) is 0 Å². The predicted molar refractivity (Wildman–Crippen MR) is 79.3 cm³/mol. The zero-order valence-corrected chi connectivity index (χ0v) is 12.0. The van der Waals surface area contributed by atoms with Crippen LogP contribution in [-0.4, -0.2) is 0 Å². The molecular formula is C15H14O2PS+. The monoisotopic (exact) mass is 289 g/mol. The minimum Gasteiger partial charge on any atom is -0.128 e. The molecule has 2 nitrogen and oxygen atoms in total. The lowest BCUT2D eigenvalue weighted by Crippen LogP contribution is -2.08. The van der Waals surface area contributed by atoms with Gasteiger partial charge in [0.05, 0.1) is 5.25 Å². The standard InChI is InChI=1S/C15H14O2PS/c16-18-17-14(12-7-3-1-4-8-12)11-15(19-18)13-9-5-2-6-10-13/h1-10,14-15H,11H2/q+1/t14-,15-/m1/s1. The van der Waals surface area contributed by atoms with E-state index in [0.29, 0.717) is 0 Å². The van der Waals surface area contributed by atoms with Crippen LogP contribution in [0.3, 0.4) is 0 Å². The molecule has 1 fully saturated rings. The van der Waals surface area contributed by atoms with Gasteiger partial charge in [0.1, 0.15) is 6.10 Å². The molecule has 2 aromatic rings. The fraction of sp³-hybridized carbons (Fsp3) is 0.200. The predicted octanol–water partition coefficient (Wildman–Crippen LogP) is 5.28. The molecule has 0 aromatic heterocycles. The summed E-state index contributed by atoms with van der Waals surface area (Å²) in [6.45, 7) is 0. The Labute approximate surface area is 117 Å². The zero-order chi connectivity index (χ0) is 13.1. The first kappa shape index (κ1) is 12.9. The SMILES string of the molecule is O=[P+]1O[C@@H](c2ccccc2)C[C@H](c2ccccc2)S1. The second kappa shape index (κ2) is 5.87. The second-order valence-corrected chi connectivity index (χ2v) is 7.43. The average molecular weight is 289 g/mol. The lowest BCUT2D eigenvalue weighted by atomic mass is 10.0. The van der Waals surface area contributed by atoms with Crippen molar-refractivity contribution in [1.29, 1.82) is 0 Å². The van der Waals surface area contributed by atoms with E-state index >= 15 is 0 Å². The van der Waals surface area contributed by atoms with Crippen molar-refractivity contribution in [2.24, 2.45) is 0 Å². The Bertz CT molecular complexity index is 509. The molecule has 1 unspecified atom stereocenters. The second-order valence-electron chi connectivity index (χ2n) is 4.47. The Kier molecular flexibility index (Phi) is 3.97. The summed E-state index contributed by atoms with van der Waals surface area (Å²) in [5, 5.41) is 0.240. The number of rotatable bonds is 2. The molecule has 0 bridgehead atoms. The van der Waals surface area contributed by atoms with Gasteiger partial charge < -0.3 is 0 Å². The molecular weight excluding hydrogens is 275 g/mol. The topological polar surface area (TPSA) is 26.3 Å². The molecule has 4 heteroatoms. The van der Waals surface area contributed by atoms with Gasteiger partial charge in [0, 0.05) is 6.42 Å². The highest BCUT2D eigenvalue weighted by molar-refractivity contribution is 8.50. The third-order valence-corrected chi connectivity index (χ3v) is 6.05. The quantitative estimate of drug-likeness (QED) is 0.703. The molecule has 0 N–H and O–H groups in total. The summed E-state index contributed by atoms with van der Waals surface area (Å²) in [6.07, 6.45) is 0.788. The molecule has 1 aliphatic heterocycles. The van der Waals surface area contributed by atoms with Gasteiger partial charge in [0.2, 0.25) is 0 Å². The normalized spacial score (nSPS) is 25.2. The van der Waals surface area contributed by atoms with Crippen LogP contribution in [0.1, 0.15) is 28.9 Å². The minimum atomic E-state index is -1.65. The summed E-state index contributed by atoms with van der Waals surface area (Å²) >= 11 is 1.42. The summed E-state index contributed by atoms with van der Waals surface area (Å²) in [5.74, 6) is 0. The smallest absolute Gasteiger partial charge is 0.128 e. The van der Waals surface area contributed by atoms with Crippen LogP contribution in [-0.2, 0) is 9.09 Å². The van der Waals surface area contributed by atoms with Crippen molar-refractivity contribution < 1.29 is 9.09 Å². The summed E-state index contributed by atoms with van der Waals surface area (Å²) in [6, 6.07) is 20.3. The van der Waals surface area contributed by atoms with Gasteiger partial charge in [-0.05, 0) is 15.7 Å². The average Bonchev–Trinajstić information content (AvgIpc) is 2.48. The van der Waals surface area contributed by atoms with E-state index in [4.69, 9.17) is 4.52 Å². The third kappa shape index (κ3) is 3.06. The number of benzene rings is 2. The Hall–Kier alpha value is -1.15. The van der Waals surface area contributed by atoms with Crippen LogP contribution >= 0.6 is 18.6 Å². The van der Waals surface area contributed by atoms with Gasteiger partial charge in [0.15, 0.2) is 11.4 Å². The summed E-state index contributed by atoms with van der Waals surface area (Å²) in [4.78, 5) is 0. The van der Waals surface area contributed by atoms with Crippen molar-refractivity contribution in [3.63, 3.8) is 0 Å². The Morgan fingerprint density at radius 2 is 1.53 bits per heavy atom. The molecule has 3 rings (SSSR count). The highest BCUT2D eigenvalue weighted by Crippen LogP contribution is 2.59. The van der Waals surface area contributed by atoms with E-state index in [1.165, 1.54) is 16.9 Å². The molecule has 0 aliphatic carbocycles. The van der Waals surface area contributed by atoms with Gasteiger partial charge >= 0.3 is 7.23 Å². The molecule has 96 valence electrons. The van der Waals surface area contributed by atoms with Crippen LogP contribution in [0.15, 0.2) is 60.7 Å². The van der Waals surface area contributed by atoms with Crippen LogP contribution in [0.5, 0.6) is 0 Å². The molecule has 1 aliphatic rings. The van der Waals surface area contributed by atoms with Crippen LogP contribution in [0.4, 0.5) is 0 Å². The lowest BCUT2D eigenvalue weighted by molar-refractivity contribution is 0.208. The molecule has 1 saturated heterocycles. The first-order valence-corrected chi connectivity index (χ1v) is 8.90. The third-order valence-electron chi connectivity index (χ3n) is 3.20. The van der Waals surface area contributed by atoms with Gasteiger partial charge in [-0.2, -0.15) is 0 Å². The van der Waals surface area contributed by atoms with E-state index in [9.17, 15) is 4.57 Å². The number of hydrogen-bond donors (Lipinski definition) is 0. The first-order valence-electron chi connectivity index (χ1n) is 6.23. The van der Waals surface area contributed by atoms with Crippen LogP contribution < -0.4 is 0 Å². The number of hydrogen-bond acceptors (Lipinski definition) is 3. The van der Waals surface area contributed by atoms with Crippen molar-refractivity contribution in [2.45, 2.75) is 17.8 Å². The largest absolute Gasteiger partial charge is 0.586 e. The highest BCUT2D eigenvalue weighted by Gasteiger charge is 2.41. The fourth-order valence-electron chi connectivity index (χ4n) is 2.24. The van der Waals surface area contributed by atoms with E-state index in [0.717, 1.165) is 12.0 Å². The van der Waals surface area contributed by atoms with Gasteiger partial charge in [-0.25, -0.2) is 0 Å². The van der Waals surface area contributed by atoms with Crippen LogP contribution in [0.2, 0.25) is 0 Å². The Morgan fingerprint density at radius 1 is 0.947 bits per heavy atom. The van der Waals surface area contributed by atoms with E-state index in [-0.39, 0.29) is 11.4 Å². The Morgan fingerprint density at radius 3 is 2.16 bits per heavy atom. The molecule has 1 heterocycles. The molecule has 19 heavy (non-hydrogen) atoms. The fourth-order valence-corrected chi connectivity index (χ4v) is 5.16. The van der Waals surface area contributed by atoms with E-state index in [2.05, 4.69) is 12.1 Å². The maximum atomic E-state index is 11.9. The minimum absolute atomic E-state index is 0.0729. The molecule has 2 aromatic carbocycles. The first-order chi connectivity index (χ1) is 9.33. The molecule has 0 radical (unpaired) electrons. The summed E-state index contributed by atoms with van der Waals surface area (Å²) < 4.78 is 17.5. The summed E-state index contributed by atoms with van der Waals surface area (Å²) in [5.41, 5.74) is 2.33. The van der Waals surface area contributed by atoms with Gasteiger partial charge in [0.25, 0.3) is 0 Å². The van der Waals surface area contributed by atoms with E-state index in [1.807, 2.05) is 48.5 Å². The van der Waals surface area contributed by atoms with E-state index < -0.39 is 7.23 Å². The van der Waals surface area contributed by atoms with Crippen LogP contribution in [0, 0.1) is 0 Å². The van der Waals surface area contributed by atoms with Gasteiger partial charge in [-0.15, -0.1) is 4.52 Å². The van der Waals surface area contributed by atoms with Crippen molar-refractivity contribution >= 4 is 18.6 Å². The van der Waals surface area contributed by atoms with Gasteiger partial charge in [-0.1, -0.05) is 60.7 Å². The highest BCUT2D eigenvalue weighted by atomic mass is 32.7. The maximum Gasteiger partial charge on any atom is 0.586 e. The molecule has 0 amide bonds. The Balaban J connectivity index is 1.84. The van der Waals surface area contributed by atoms with Crippen molar-refractivity contribution in [3.05, 3.63) is 71.8 Å². The zero-order valence-electron chi connectivity index (χ0n) is 10.3. The van der Waals surface area contributed by atoms with Crippen LogP contribution in [0.25, 0.3) is 0 Å². The molecule has 0 saturated carbocycles. The van der Waals surface area contributed by atoms with Crippen molar-refractivity contribution in [1.82, 2.24) is 0 Å². The van der Waals surface area contributed by atoms with E-state index in [1.54, 1.807) is 0 Å². The molecule has 0 spiro atoms. The van der Waals surface area contributed by atoms with Gasteiger partial charge in [-0.3, -0.25) is 0 Å². The lowest BCUT2D eigenvalue weighted by Gasteiger charge is -2.20. The summed E-state index contributed by atoms with van der Waals surface area (Å²) in [7, 11) is -1.65. The molecule has 3 atom stereocenters. The van der Waals surface area contributed by atoms with Crippen molar-refractivity contribution in [2.75, 3.05) is 0 Å².